The van der Waals surface area contributed by atoms with Gasteiger partial charge in [-0.2, -0.15) is 0 Å². The van der Waals surface area contributed by atoms with Gasteiger partial charge in [0.2, 0.25) is 0 Å². The minimum absolute atomic E-state index is 0.360. The van der Waals surface area contributed by atoms with E-state index in [1.807, 2.05) is 30.3 Å². The number of hydrogen-bond acceptors (Lipinski definition) is 5. The van der Waals surface area contributed by atoms with Gasteiger partial charge in [0.1, 0.15) is 0 Å². The van der Waals surface area contributed by atoms with Crippen LogP contribution in [0.15, 0.2) is 52.5 Å². The van der Waals surface area contributed by atoms with Crippen LogP contribution in [0.25, 0.3) is 11.0 Å². The molecule has 0 unspecified atom stereocenters. The molecule has 0 atom stereocenters. The number of carbonyl (C=O) groups excluding carboxylic acids is 1. The van der Waals surface area contributed by atoms with E-state index in [1.54, 1.807) is 12.1 Å². The van der Waals surface area contributed by atoms with Gasteiger partial charge in [0.25, 0.3) is 0 Å². The predicted molar refractivity (Wildman–Crippen MR) is 82.4 cm³/mol. The number of esters is 1. The Morgan fingerprint density at radius 2 is 2.10 bits per heavy atom. The van der Waals surface area contributed by atoms with Gasteiger partial charge in [-0.05, 0) is 30.3 Å². The number of aromatic nitrogens is 2. The largest absolute Gasteiger partial charge is 0.465 e. The van der Waals surface area contributed by atoms with Crippen LogP contribution in [0.2, 0.25) is 0 Å². The molecule has 3 aromatic rings. The maximum absolute atomic E-state index is 11.6. The normalized spacial score (nSPS) is 10.7. The number of ether oxygens (including phenoxy) is 1. The van der Waals surface area contributed by atoms with Gasteiger partial charge in [-0.1, -0.05) is 23.9 Å². The number of rotatable bonds is 3. The van der Waals surface area contributed by atoms with Gasteiger partial charge < -0.3 is 15.5 Å². The lowest BCUT2D eigenvalue weighted by Crippen LogP contribution is -2.05. The third kappa shape index (κ3) is 2.71. The van der Waals surface area contributed by atoms with E-state index in [0.717, 1.165) is 21.1 Å². The van der Waals surface area contributed by atoms with Gasteiger partial charge in [0, 0.05) is 10.6 Å². The number of nitrogens with two attached hydrogens (primary N) is 1. The zero-order valence-corrected chi connectivity index (χ0v) is 12.1. The summed E-state index contributed by atoms with van der Waals surface area (Å²) in [6.45, 7) is 0. The molecule has 21 heavy (non-hydrogen) atoms. The van der Waals surface area contributed by atoms with E-state index >= 15 is 0 Å². The molecule has 3 rings (SSSR count). The summed E-state index contributed by atoms with van der Waals surface area (Å²) in [6, 6.07) is 13.0. The highest BCUT2D eigenvalue weighted by molar-refractivity contribution is 7.99. The van der Waals surface area contributed by atoms with Crippen molar-refractivity contribution in [1.29, 1.82) is 0 Å². The zero-order valence-electron chi connectivity index (χ0n) is 11.3. The highest BCUT2D eigenvalue weighted by Crippen LogP contribution is 2.29. The number of carbonyl (C=O) groups is 1. The fourth-order valence-electron chi connectivity index (χ4n) is 1.97. The molecular formula is C15H13N3O2S. The Balaban J connectivity index is 1.92. The quantitative estimate of drug-likeness (QED) is 0.574. The average Bonchev–Trinajstić information content (AvgIpc) is 2.90. The number of nitrogens with one attached hydrogen (secondary N) is 1. The second-order valence-corrected chi connectivity index (χ2v) is 5.46. The number of benzene rings is 2. The number of aromatic amines is 1. The van der Waals surface area contributed by atoms with Crippen molar-refractivity contribution in [1.82, 2.24) is 9.97 Å². The predicted octanol–water partition coefficient (Wildman–Crippen LogP) is 3.08. The number of nitrogen functional groups attached to an aromatic ring is 1. The molecule has 5 nitrogen and oxygen atoms in total. The summed E-state index contributed by atoms with van der Waals surface area (Å²) in [5, 5.41) is 0.761. The molecule has 0 aliphatic heterocycles. The van der Waals surface area contributed by atoms with Gasteiger partial charge in [0.05, 0.1) is 23.7 Å². The van der Waals surface area contributed by atoms with Crippen molar-refractivity contribution in [2.24, 2.45) is 0 Å². The van der Waals surface area contributed by atoms with Crippen molar-refractivity contribution in [3.63, 3.8) is 0 Å². The highest BCUT2D eigenvalue weighted by atomic mass is 32.2. The van der Waals surface area contributed by atoms with Crippen molar-refractivity contribution in [3.05, 3.63) is 48.0 Å². The lowest BCUT2D eigenvalue weighted by atomic mass is 10.2. The Hall–Kier alpha value is -2.47. The Morgan fingerprint density at radius 1 is 1.29 bits per heavy atom. The minimum atomic E-state index is -0.445. The van der Waals surface area contributed by atoms with Crippen LogP contribution < -0.4 is 5.73 Å². The molecule has 0 radical (unpaired) electrons. The highest BCUT2D eigenvalue weighted by Gasteiger charge is 2.12. The molecule has 0 saturated heterocycles. The van der Waals surface area contributed by atoms with Gasteiger partial charge in [0.15, 0.2) is 5.16 Å². The molecule has 0 aliphatic carbocycles. The first-order chi connectivity index (χ1) is 10.2. The fourth-order valence-corrected chi connectivity index (χ4v) is 2.82. The molecule has 0 bridgehead atoms. The summed E-state index contributed by atoms with van der Waals surface area (Å²) in [5.74, 6) is -0.445. The van der Waals surface area contributed by atoms with Gasteiger partial charge in [-0.3, -0.25) is 0 Å². The number of H-pyrrole nitrogens is 1. The van der Waals surface area contributed by atoms with Crippen LogP contribution in [0, 0.1) is 0 Å². The third-order valence-corrected chi connectivity index (χ3v) is 3.89. The lowest BCUT2D eigenvalue weighted by molar-refractivity contribution is 0.0601. The Labute approximate surface area is 125 Å². The molecule has 3 N–H and O–H groups in total. The van der Waals surface area contributed by atoms with Crippen LogP contribution in [0.5, 0.6) is 0 Å². The van der Waals surface area contributed by atoms with Crippen molar-refractivity contribution in [2.75, 3.05) is 12.8 Å². The molecule has 0 spiro atoms. The van der Waals surface area contributed by atoms with E-state index in [-0.39, 0.29) is 0 Å². The van der Waals surface area contributed by atoms with E-state index in [2.05, 4.69) is 9.97 Å². The van der Waals surface area contributed by atoms with Gasteiger partial charge >= 0.3 is 5.97 Å². The number of imidazole rings is 1. The smallest absolute Gasteiger partial charge is 0.339 e. The van der Waals surface area contributed by atoms with Crippen LogP contribution in [0.4, 0.5) is 5.69 Å². The number of nitrogens with zero attached hydrogens (tertiary/aromatic N) is 1. The number of hydrogen-bond donors (Lipinski definition) is 2. The Morgan fingerprint density at radius 3 is 2.86 bits per heavy atom. The third-order valence-electron chi connectivity index (χ3n) is 3.01. The Bertz CT molecular complexity index is 781. The van der Waals surface area contributed by atoms with Crippen molar-refractivity contribution in [2.45, 2.75) is 10.1 Å². The van der Waals surface area contributed by atoms with Gasteiger partial charge in [-0.15, -0.1) is 0 Å². The first kappa shape index (κ1) is 13.5. The van der Waals surface area contributed by atoms with Gasteiger partial charge in [-0.25, -0.2) is 9.78 Å². The summed E-state index contributed by atoms with van der Waals surface area (Å²) in [4.78, 5) is 20.2. The average molecular weight is 299 g/mol. The molecule has 2 aromatic carbocycles. The van der Waals surface area contributed by atoms with Crippen LogP contribution >= 0.6 is 11.8 Å². The van der Waals surface area contributed by atoms with Crippen LogP contribution in [0.1, 0.15) is 10.4 Å². The first-order valence-electron chi connectivity index (χ1n) is 6.28. The molecule has 0 saturated carbocycles. The summed E-state index contributed by atoms with van der Waals surface area (Å²) in [5.41, 5.74) is 8.43. The van der Waals surface area contributed by atoms with E-state index < -0.39 is 5.97 Å². The standard InChI is InChI=1S/C15H13N3O2S/c1-20-14(19)10-8-9(6-7-11(10)16)21-15-17-12-4-2-3-5-13(12)18-15/h2-8H,16H2,1H3,(H,17,18). The maximum Gasteiger partial charge on any atom is 0.339 e. The molecular weight excluding hydrogens is 286 g/mol. The second kappa shape index (κ2) is 5.49. The number of para-hydroxylation sites is 2. The monoisotopic (exact) mass is 299 g/mol. The van der Waals surface area contributed by atoms with Crippen molar-refractivity contribution < 1.29 is 9.53 Å². The van der Waals surface area contributed by atoms with Crippen LogP contribution in [-0.2, 0) is 4.74 Å². The molecule has 0 fully saturated rings. The molecule has 6 heteroatoms. The molecule has 0 aliphatic rings. The maximum atomic E-state index is 11.6. The van der Waals surface area contributed by atoms with Crippen molar-refractivity contribution in [3.8, 4) is 0 Å². The molecule has 1 aromatic heterocycles. The number of methoxy groups -OCH3 is 1. The minimum Gasteiger partial charge on any atom is -0.465 e. The topological polar surface area (TPSA) is 81.0 Å². The number of anilines is 1. The second-order valence-electron chi connectivity index (χ2n) is 4.40. The molecule has 106 valence electrons. The van der Waals surface area contributed by atoms with E-state index in [4.69, 9.17) is 10.5 Å². The summed E-state index contributed by atoms with van der Waals surface area (Å²) in [6.07, 6.45) is 0. The molecule has 1 heterocycles. The first-order valence-corrected chi connectivity index (χ1v) is 7.09. The van der Waals surface area contributed by atoms with E-state index in [1.165, 1.54) is 18.9 Å². The van der Waals surface area contributed by atoms with E-state index in [9.17, 15) is 4.79 Å². The van der Waals surface area contributed by atoms with E-state index in [0.29, 0.717) is 11.3 Å². The number of fused-ring (bicyclic) bond motifs is 1. The zero-order chi connectivity index (χ0) is 14.8. The van der Waals surface area contributed by atoms with Crippen LogP contribution in [-0.4, -0.2) is 23.0 Å². The summed E-state index contributed by atoms with van der Waals surface area (Å²) in [7, 11) is 1.33. The summed E-state index contributed by atoms with van der Waals surface area (Å²) < 4.78 is 4.72. The fraction of sp³-hybridized carbons (Fsp3) is 0.0667. The van der Waals surface area contributed by atoms with Crippen LogP contribution in [0.3, 0.4) is 0 Å². The van der Waals surface area contributed by atoms with Crippen molar-refractivity contribution >= 4 is 34.5 Å². The Kier molecular flexibility index (Phi) is 3.53. The molecule has 0 amide bonds. The SMILES string of the molecule is COC(=O)c1cc(Sc2nc3ccccc3[nH]2)ccc1N. The lowest BCUT2D eigenvalue weighted by Gasteiger charge is -2.05. The summed E-state index contributed by atoms with van der Waals surface area (Å²) >= 11 is 1.43.